The number of carboxylic acid groups (broad SMARTS) is 1. The summed E-state index contributed by atoms with van der Waals surface area (Å²) in [5.74, 6) is -0.786. The Balaban J connectivity index is 1.81. The van der Waals surface area contributed by atoms with Gasteiger partial charge in [0.1, 0.15) is 0 Å². The maximum atomic E-state index is 11.9. The van der Waals surface area contributed by atoms with Gasteiger partial charge in [0.2, 0.25) is 0 Å². The lowest BCUT2D eigenvalue weighted by atomic mass is 9.80. The first-order chi connectivity index (χ1) is 9.01. The van der Waals surface area contributed by atoms with E-state index in [-0.39, 0.29) is 6.03 Å². The van der Waals surface area contributed by atoms with Gasteiger partial charge >= 0.3 is 12.0 Å². The van der Waals surface area contributed by atoms with Gasteiger partial charge in [-0.15, -0.1) is 0 Å². The number of amides is 2. The van der Waals surface area contributed by atoms with E-state index < -0.39 is 11.4 Å². The fraction of sp³-hybridized carbons (Fsp3) is 0.538. The number of furan rings is 1. The highest BCUT2D eigenvalue weighted by Crippen LogP contribution is 2.30. The minimum absolute atomic E-state index is 0.159. The van der Waals surface area contributed by atoms with Gasteiger partial charge in [0.05, 0.1) is 17.9 Å². The lowest BCUT2D eigenvalue weighted by molar-refractivity contribution is -0.150. The zero-order valence-electron chi connectivity index (χ0n) is 10.9. The van der Waals surface area contributed by atoms with Gasteiger partial charge in [0.25, 0.3) is 0 Å². The van der Waals surface area contributed by atoms with E-state index in [0.29, 0.717) is 32.5 Å². The molecule has 6 heteroatoms. The molecule has 0 aliphatic carbocycles. The number of nitrogens with one attached hydrogen (secondary N) is 1. The first-order valence-corrected chi connectivity index (χ1v) is 6.28. The smallest absolute Gasteiger partial charge is 0.317 e. The van der Waals surface area contributed by atoms with Gasteiger partial charge in [-0.2, -0.15) is 0 Å². The number of nitrogens with zero attached hydrogens (tertiary/aromatic N) is 1. The van der Waals surface area contributed by atoms with E-state index in [1.807, 2.05) is 0 Å². The molecule has 1 aliphatic heterocycles. The molecule has 104 valence electrons. The molecule has 0 bridgehead atoms. The molecule has 2 amide bonds. The second kappa shape index (κ2) is 5.34. The maximum absolute atomic E-state index is 11.9. The SMILES string of the molecule is CC1(C(=O)O)CCN(C(=O)NCc2ccoc2)CC1. The van der Waals surface area contributed by atoms with Crippen LogP contribution in [-0.2, 0) is 11.3 Å². The number of hydrogen-bond donors (Lipinski definition) is 2. The van der Waals surface area contributed by atoms with Gasteiger partial charge in [-0.25, -0.2) is 4.79 Å². The molecular formula is C13H18N2O4. The molecule has 1 saturated heterocycles. The van der Waals surface area contributed by atoms with Crippen molar-refractivity contribution in [3.05, 3.63) is 24.2 Å². The van der Waals surface area contributed by atoms with E-state index in [9.17, 15) is 9.59 Å². The van der Waals surface area contributed by atoms with Crippen LogP contribution in [0.4, 0.5) is 4.79 Å². The van der Waals surface area contributed by atoms with Crippen molar-refractivity contribution in [1.29, 1.82) is 0 Å². The van der Waals surface area contributed by atoms with Crippen LogP contribution in [0.5, 0.6) is 0 Å². The van der Waals surface area contributed by atoms with Crippen LogP contribution in [0.25, 0.3) is 0 Å². The Hall–Kier alpha value is -1.98. The zero-order valence-corrected chi connectivity index (χ0v) is 10.9. The van der Waals surface area contributed by atoms with E-state index >= 15 is 0 Å². The highest BCUT2D eigenvalue weighted by Gasteiger charge is 2.37. The number of hydrogen-bond acceptors (Lipinski definition) is 3. The summed E-state index contributed by atoms with van der Waals surface area (Å²) >= 11 is 0. The largest absolute Gasteiger partial charge is 0.481 e. The molecule has 2 rings (SSSR count). The van der Waals surface area contributed by atoms with E-state index in [4.69, 9.17) is 9.52 Å². The number of likely N-dealkylation sites (tertiary alicyclic amines) is 1. The third-order valence-electron chi connectivity index (χ3n) is 3.69. The van der Waals surface area contributed by atoms with Crippen LogP contribution in [0, 0.1) is 5.41 Å². The molecule has 0 saturated carbocycles. The van der Waals surface area contributed by atoms with E-state index in [1.54, 1.807) is 30.4 Å². The number of urea groups is 1. The standard InChI is InChI=1S/C13H18N2O4/c1-13(11(16)17)3-5-15(6-4-13)12(18)14-8-10-2-7-19-9-10/h2,7,9H,3-6,8H2,1H3,(H,14,18)(H,16,17). The molecule has 0 spiro atoms. The molecule has 1 aromatic rings. The van der Waals surface area contributed by atoms with Gasteiger partial charge in [0.15, 0.2) is 0 Å². The summed E-state index contributed by atoms with van der Waals surface area (Å²) in [5.41, 5.74) is 0.196. The van der Waals surface area contributed by atoms with Crippen molar-refractivity contribution in [3.63, 3.8) is 0 Å². The Labute approximate surface area is 111 Å². The van der Waals surface area contributed by atoms with Gasteiger partial charge in [-0.05, 0) is 25.8 Å². The maximum Gasteiger partial charge on any atom is 0.317 e. The number of rotatable bonds is 3. The number of carboxylic acids is 1. The highest BCUT2D eigenvalue weighted by atomic mass is 16.4. The summed E-state index contributed by atoms with van der Waals surface area (Å²) in [5, 5.41) is 11.9. The first-order valence-electron chi connectivity index (χ1n) is 6.28. The number of piperidine rings is 1. The van der Waals surface area contributed by atoms with Gasteiger partial charge in [-0.1, -0.05) is 0 Å². The van der Waals surface area contributed by atoms with Crippen molar-refractivity contribution in [3.8, 4) is 0 Å². The quantitative estimate of drug-likeness (QED) is 0.871. The topological polar surface area (TPSA) is 82.8 Å². The Morgan fingerprint density at radius 1 is 1.47 bits per heavy atom. The first kappa shape index (κ1) is 13.5. The molecule has 0 radical (unpaired) electrons. The number of carbonyl (C=O) groups is 2. The lowest BCUT2D eigenvalue weighted by Crippen LogP contribution is -2.48. The second-order valence-electron chi connectivity index (χ2n) is 5.14. The zero-order chi connectivity index (χ0) is 13.9. The molecule has 1 fully saturated rings. The summed E-state index contributed by atoms with van der Waals surface area (Å²) in [7, 11) is 0. The van der Waals surface area contributed by atoms with Crippen molar-refractivity contribution < 1.29 is 19.1 Å². The number of aliphatic carboxylic acids is 1. The molecule has 0 atom stereocenters. The van der Waals surface area contributed by atoms with Crippen molar-refractivity contribution >= 4 is 12.0 Å². The molecule has 0 aromatic carbocycles. The molecule has 19 heavy (non-hydrogen) atoms. The summed E-state index contributed by atoms with van der Waals surface area (Å²) in [4.78, 5) is 24.7. The average molecular weight is 266 g/mol. The Morgan fingerprint density at radius 2 is 2.16 bits per heavy atom. The van der Waals surface area contributed by atoms with Gasteiger partial charge < -0.3 is 19.7 Å². The predicted molar refractivity (Wildman–Crippen MR) is 67.5 cm³/mol. The molecule has 2 N–H and O–H groups in total. The predicted octanol–water partition coefficient (Wildman–Crippen LogP) is 1.68. The normalized spacial score (nSPS) is 18.1. The van der Waals surface area contributed by atoms with Crippen LogP contribution in [0.2, 0.25) is 0 Å². The third kappa shape index (κ3) is 3.07. The molecule has 0 unspecified atom stereocenters. The highest BCUT2D eigenvalue weighted by molar-refractivity contribution is 5.76. The Bertz CT molecular complexity index is 447. The monoisotopic (exact) mass is 266 g/mol. The van der Waals surface area contributed by atoms with E-state index in [1.165, 1.54) is 0 Å². The van der Waals surface area contributed by atoms with Crippen molar-refractivity contribution in [2.75, 3.05) is 13.1 Å². The summed E-state index contributed by atoms with van der Waals surface area (Å²) in [6.07, 6.45) is 4.11. The van der Waals surface area contributed by atoms with E-state index in [0.717, 1.165) is 5.56 Å². The third-order valence-corrected chi connectivity index (χ3v) is 3.69. The van der Waals surface area contributed by atoms with E-state index in [2.05, 4.69) is 5.32 Å². The van der Waals surface area contributed by atoms with Crippen molar-refractivity contribution in [1.82, 2.24) is 10.2 Å². The lowest BCUT2D eigenvalue weighted by Gasteiger charge is -2.36. The molecule has 1 aliphatic rings. The van der Waals surface area contributed by atoms with Crippen LogP contribution < -0.4 is 5.32 Å². The summed E-state index contributed by atoms with van der Waals surface area (Å²) in [6.45, 7) is 3.10. The summed E-state index contributed by atoms with van der Waals surface area (Å²) in [6, 6.07) is 1.63. The molecule has 1 aromatic heterocycles. The van der Waals surface area contributed by atoms with Gasteiger partial charge in [0, 0.05) is 25.2 Å². The fourth-order valence-corrected chi connectivity index (χ4v) is 2.10. The van der Waals surface area contributed by atoms with Crippen LogP contribution >= 0.6 is 0 Å². The Kier molecular flexibility index (Phi) is 3.78. The minimum atomic E-state index is -0.786. The van der Waals surface area contributed by atoms with Crippen molar-refractivity contribution in [2.24, 2.45) is 5.41 Å². The molecular weight excluding hydrogens is 248 g/mol. The fourth-order valence-electron chi connectivity index (χ4n) is 2.10. The summed E-state index contributed by atoms with van der Waals surface area (Å²) < 4.78 is 4.92. The molecule has 6 nitrogen and oxygen atoms in total. The van der Waals surface area contributed by atoms with Crippen LogP contribution in [0.1, 0.15) is 25.3 Å². The number of carbonyl (C=O) groups excluding carboxylic acids is 1. The van der Waals surface area contributed by atoms with Crippen LogP contribution in [0.15, 0.2) is 23.0 Å². The second-order valence-corrected chi connectivity index (χ2v) is 5.14. The van der Waals surface area contributed by atoms with Gasteiger partial charge in [-0.3, -0.25) is 4.79 Å². The van der Waals surface area contributed by atoms with Crippen LogP contribution in [0.3, 0.4) is 0 Å². The minimum Gasteiger partial charge on any atom is -0.481 e. The Morgan fingerprint density at radius 3 is 2.68 bits per heavy atom. The van der Waals surface area contributed by atoms with Crippen molar-refractivity contribution in [2.45, 2.75) is 26.3 Å². The van der Waals surface area contributed by atoms with Crippen LogP contribution in [-0.4, -0.2) is 35.1 Å². The molecule has 2 heterocycles. The average Bonchev–Trinajstić information content (AvgIpc) is 2.90.